The molecule has 1 aromatic heterocycles. The Bertz CT molecular complexity index is 612. The lowest BCUT2D eigenvalue weighted by Crippen LogP contribution is -2.40. The Kier molecular flexibility index (Phi) is 2.98. The highest BCUT2D eigenvalue weighted by molar-refractivity contribution is 6.04. The van der Waals surface area contributed by atoms with Gasteiger partial charge in [-0.3, -0.25) is 9.89 Å². The van der Waals surface area contributed by atoms with E-state index in [9.17, 15) is 9.90 Å². The van der Waals surface area contributed by atoms with Crippen molar-refractivity contribution >= 4 is 16.8 Å². The molecule has 5 heteroatoms. The van der Waals surface area contributed by atoms with Gasteiger partial charge in [-0.1, -0.05) is 11.6 Å². The number of aromatic amines is 1. The lowest BCUT2D eigenvalue weighted by molar-refractivity contribution is 0.0543. The highest BCUT2D eigenvalue weighted by Gasteiger charge is 2.25. The van der Waals surface area contributed by atoms with Crippen LogP contribution in [0.3, 0.4) is 0 Å². The van der Waals surface area contributed by atoms with Crippen LogP contribution in [0.5, 0.6) is 0 Å². The van der Waals surface area contributed by atoms with Crippen molar-refractivity contribution in [1.29, 1.82) is 0 Å². The topological polar surface area (TPSA) is 69.2 Å². The molecule has 1 fully saturated rings. The third kappa shape index (κ3) is 2.21. The zero-order chi connectivity index (χ0) is 13.4. The fraction of sp³-hybridized carbons (Fsp3) is 0.429. The maximum Gasteiger partial charge on any atom is 0.274 e. The largest absolute Gasteiger partial charge is 0.393 e. The predicted molar refractivity (Wildman–Crippen MR) is 72.0 cm³/mol. The molecule has 0 bridgehead atoms. The Labute approximate surface area is 111 Å². The second-order valence-corrected chi connectivity index (χ2v) is 5.14. The number of rotatable bonds is 1. The van der Waals surface area contributed by atoms with Crippen LogP contribution in [0.25, 0.3) is 10.9 Å². The van der Waals surface area contributed by atoms with E-state index in [0.717, 1.165) is 16.5 Å². The Morgan fingerprint density at radius 2 is 2.16 bits per heavy atom. The van der Waals surface area contributed by atoms with E-state index in [-0.39, 0.29) is 12.0 Å². The van der Waals surface area contributed by atoms with Gasteiger partial charge in [-0.15, -0.1) is 0 Å². The summed E-state index contributed by atoms with van der Waals surface area (Å²) in [6.07, 6.45) is 1.02. The summed E-state index contributed by atoms with van der Waals surface area (Å²) in [5.74, 6) is -0.0521. The zero-order valence-electron chi connectivity index (χ0n) is 10.9. The first-order chi connectivity index (χ1) is 9.15. The van der Waals surface area contributed by atoms with Gasteiger partial charge < -0.3 is 10.0 Å². The number of likely N-dealkylation sites (tertiary alicyclic amines) is 1. The summed E-state index contributed by atoms with van der Waals surface area (Å²) in [7, 11) is 0. The highest BCUT2D eigenvalue weighted by atomic mass is 16.3. The summed E-state index contributed by atoms with van der Waals surface area (Å²) in [5, 5.41) is 17.4. The van der Waals surface area contributed by atoms with E-state index < -0.39 is 0 Å². The van der Waals surface area contributed by atoms with Crippen LogP contribution >= 0.6 is 0 Å². The molecular formula is C14H17N3O2. The molecule has 5 nitrogen and oxygen atoms in total. The molecular weight excluding hydrogens is 242 g/mol. The molecule has 2 heterocycles. The molecule has 0 saturated carbocycles. The smallest absolute Gasteiger partial charge is 0.274 e. The van der Waals surface area contributed by atoms with Gasteiger partial charge in [0.05, 0.1) is 11.6 Å². The minimum Gasteiger partial charge on any atom is -0.393 e. The zero-order valence-corrected chi connectivity index (χ0v) is 10.9. The van der Waals surface area contributed by atoms with Gasteiger partial charge in [0.1, 0.15) is 0 Å². The molecule has 2 N–H and O–H groups in total. The molecule has 0 atom stereocenters. The molecule has 3 rings (SSSR count). The summed E-state index contributed by atoms with van der Waals surface area (Å²) in [6, 6.07) is 5.91. The number of carbonyl (C=O) groups excluding carboxylic acids is 1. The second-order valence-electron chi connectivity index (χ2n) is 5.14. The molecule has 0 aliphatic carbocycles. The first-order valence-corrected chi connectivity index (χ1v) is 6.57. The number of H-pyrrole nitrogens is 1. The van der Waals surface area contributed by atoms with Crippen LogP contribution in [0.1, 0.15) is 28.9 Å². The van der Waals surface area contributed by atoms with E-state index in [1.54, 1.807) is 4.90 Å². The number of aromatic nitrogens is 2. The van der Waals surface area contributed by atoms with Crippen LogP contribution in [-0.4, -0.2) is 45.3 Å². The number of benzene rings is 1. The van der Waals surface area contributed by atoms with E-state index in [4.69, 9.17) is 0 Å². The van der Waals surface area contributed by atoms with Crippen molar-refractivity contribution in [2.75, 3.05) is 13.1 Å². The number of aliphatic hydroxyl groups is 1. The van der Waals surface area contributed by atoms with Crippen LogP contribution in [0.2, 0.25) is 0 Å². The van der Waals surface area contributed by atoms with Crippen LogP contribution in [0.4, 0.5) is 0 Å². The van der Waals surface area contributed by atoms with E-state index in [0.29, 0.717) is 31.6 Å². The SMILES string of the molecule is Cc1ccc2[nH]nc(C(=O)N3CCC(O)CC3)c2c1. The van der Waals surface area contributed by atoms with Crippen LogP contribution in [0, 0.1) is 6.92 Å². The van der Waals surface area contributed by atoms with E-state index >= 15 is 0 Å². The van der Waals surface area contributed by atoms with E-state index in [2.05, 4.69) is 10.2 Å². The molecule has 1 aliphatic heterocycles. The lowest BCUT2D eigenvalue weighted by Gasteiger charge is -2.29. The molecule has 100 valence electrons. The summed E-state index contributed by atoms with van der Waals surface area (Å²) in [4.78, 5) is 14.2. The summed E-state index contributed by atoms with van der Waals surface area (Å²) >= 11 is 0. The standard InChI is InChI=1S/C14H17N3O2/c1-9-2-3-12-11(8-9)13(16-15-12)14(19)17-6-4-10(18)5-7-17/h2-3,8,10,18H,4-7H2,1H3,(H,15,16). The van der Waals surface area contributed by atoms with E-state index in [1.165, 1.54) is 0 Å². The first kappa shape index (κ1) is 12.2. The van der Waals surface area contributed by atoms with Crippen molar-refractivity contribution in [3.63, 3.8) is 0 Å². The van der Waals surface area contributed by atoms with Crippen LogP contribution in [0.15, 0.2) is 18.2 Å². The molecule has 0 unspecified atom stereocenters. The minimum absolute atomic E-state index is 0.0521. The van der Waals surface area contributed by atoms with Gasteiger partial charge in [-0.25, -0.2) is 0 Å². The number of piperidine rings is 1. The number of fused-ring (bicyclic) bond motifs is 1. The van der Waals surface area contributed by atoms with Crippen LogP contribution < -0.4 is 0 Å². The summed E-state index contributed by atoms with van der Waals surface area (Å²) < 4.78 is 0. The Morgan fingerprint density at radius 1 is 1.42 bits per heavy atom. The van der Waals surface area contributed by atoms with Gasteiger partial charge in [-0.2, -0.15) is 5.10 Å². The van der Waals surface area contributed by atoms with Crippen molar-refractivity contribution in [2.45, 2.75) is 25.9 Å². The third-order valence-electron chi connectivity index (χ3n) is 3.67. The number of nitrogens with zero attached hydrogens (tertiary/aromatic N) is 2. The fourth-order valence-electron chi connectivity index (χ4n) is 2.51. The number of carbonyl (C=O) groups is 1. The molecule has 1 aliphatic rings. The number of aliphatic hydroxyl groups excluding tert-OH is 1. The quantitative estimate of drug-likeness (QED) is 0.814. The van der Waals surface area contributed by atoms with E-state index in [1.807, 2.05) is 25.1 Å². The van der Waals surface area contributed by atoms with Crippen LogP contribution in [-0.2, 0) is 0 Å². The number of amides is 1. The monoisotopic (exact) mass is 259 g/mol. The number of hydrogen-bond donors (Lipinski definition) is 2. The molecule has 19 heavy (non-hydrogen) atoms. The average Bonchev–Trinajstić information content (AvgIpc) is 2.81. The van der Waals surface area contributed by atoms with Gasteiger partial charge in [0.15, 0.2) is 5.69 Å². The van der Waals surface area contributed by atoms with Crippen molar-refractivity contribution in [3.8, 4) is 0 Å². The molecule has 1 saturated heterocycles. The van der Waals surface area contributed by atoms with Gasteiger partial charge in [0, 0.05) is 18.5 Å². The lowest BCUT2D eigenvalue weighted by atomic mass is 10.1. The normalized spacial score (nSPS) is 17.1. The van der Waals surface area contributed by atoms with Gasteiger partial charge in [0.2, 0.25) is 0 Å². The van der Waals surface area contributed by atoms with Crippen molar-refractivity contribution in [2.24, 2.45) is 0 Å². The molecule has 1 amide bonds. The summed E-state index contributed by atoms with van der Waals surface area (Å²) in [6.45, 7) is 3.19. The maximum absolute atomic E-state index is 12.5. The number of aryl methyl sites for hydroxylation is 1. The maximum atomic E-state index is 12.5. The predicted octanol–water partition coefficient (Wildman–Crippen LogP) is 1.47. The van der Waals surface area contributed by atoms with Gasteiger partial charge in [0.25, 0.3) is 5.91 Å². The first-order valence-electron chi connectivity index (χ1n) is 6.57. The van der Waals surface area contributed by atoms with Gasteiger partial charge >= 0.3 is 0 Å². The summed E-state index contributed by atoms with van der Waals surface area (Å²) in [5.41, 5.74) is 2.47. The number of nitrogens with one attached hydrogen (secondary N) is 1. The Hall–Kier alpha value is -1.88. The molecule has 0 spiro atoms. The van der Waals surface area contributed by atoms with Gasteiger partial charge in [-0.05, 0) is 31.9 Å². The van der Waals surface area contributed by atoms with Crippen molar-refractivity contribution in [1.82, 2.24) is 15.1 Å². The molecule has 2 aromatic rings. The van der Waals surface area contributed by atoms with Crippen molar-refractivity contribution < 1.29 is 9.90 Å². The molecule has 1 aromatic carbocycles. The third-order valence-corrected chi connectivity index (χ3v) is 3.67. The fourth-order valence-corrected chi connectivity index (χ4v) is 2.51. The second kappa shape index (κ2) is 4.66. The number of hydrogen-bond acceptors (Lipinski definition) is 3. The molecule has 0 radical (unpaired) electrons. The highest BCUT2D eigenvalue weighted by Crippen LogP contribution is 2.20. The Balaban J connectivity index is 1.91. The Morgan fingerprint density at radius 3 is 2.89 bits per heavy atom. The average molecular weight is 259 g/mol. The minimum atomic E-state index is -0.276. The van der Waals surface area contributed by atoms with Crippen molar-refractivity contribution in [3.05, 3.63) is 29.5 Å².